The van der Waals surface area contributed by atoms with Gasteiger partial charge < -0.3 is 0 Å². The van der Waals surface area contributed by atoms with Crippen molar-refractivity contribution in [1.82, 2.24) is 23.6 Å². The van der Waals surface area contributed by atoms with Gasteiger partial charge in [-0.1, -0.05) is 11.6 Å². The largest absolute Gasteiger partial charge is 0.294 e. The molecule has 0 heterocycles. The number of rotatable bonds is 11. The molecule has 21 heteroatoms. The van der Waals surface area contributed by atoms with Crippen LogP contribution in [0.2, 0.25) is 0 Å². The Morgan fingerprint density at radius 1 is 0.565 bits per heavy atom. The summed E-state index contributed by atoms with van der Waals surface area (Å²) in [6.07, 6.45) is 0. The predicted molar refractivity (Wildman–Crippen MR) is 80.8 cm³/mol. The van der Waals surface area contributed by atoms with Crippen LogP contribution in [0, 0.1) is 0 Å². The number of hydrogen-bond acceptors (Lipinski definition) is 5. The van der Waals surface area contributed by atoms with Crippen LogP contribution in [0.1, 0.15) is 0 Å². The highest BCUT2D eigenvalue weighted by Gasteiger charge is 2.57. The maximum absolute atomic E-state index is 11.0. The first-order chi connectivity index (χ1) is 10.3. The fourth-order valence-corrected chi connectivity index (χ4v) is 4.49. The third kappa shape index (κ3) is 8.04. The Kier molecular flexibility index (Phi) is 10.2. The second kappa shape index (κ2) is 9.95. The molecule has 0 spiro atoms. The van der Waals surface area contributed by atoms with Gasteiger partial charge in [0.05, 0.1) is 0 Å². The van der Waals surface area contributed by atoms with Crippen molar-refractivity contribution < 1.29 is 43.8 Å². The Bertz CT molecular complexity index is 487. The van der Waals surface area contributed by atoms with Crippen LogP contribution in [-0.2, 0) is 56.3 Å². The summed E-state index contributed by atoms with van der Waals surface area (Å²) < 4.78 is 106. The Labute approximate surface area is 146 Å². The van der Waals surface area contributed by atoms with Crippen molar-refractivity contribution in [1.29, 1.82) is 0 Å². The lowest BCUT2D eigenvalue weighted by Gasteiger charge is -2.43. The molecule has 140 valence electrons. The molecule has 0 amide bonds. The normalized spacial score (nSPS) is 23.9. The van der Waals surface area contributed by atoms with Crippen LogP contribution < -0.4 is 23.6 Å². The minimum absolute atomic E-state index is 1.45. The molecule has 0 rings (SSSR count). The fraction of sp³-hybridized carbons (Fsp3) is 1.00. The van der Waals surface area contributed by atoms with Gasteiger partial charge in [-0.2, -0.15) is 23.6 Å². The number of nitrogens with one attached hydrogen (secondary N) is 5. The molecule has 0 aliphatic rings. The molecular formula is C2H10ClN5O10S5. The van der Waals surface area contributed by atoms with E-state index < -0.39 is 67.2 Å². The van der Waals surface area contributed by atoms with E-state index in [2.05, 4.69) is 0 Å². The first-order valence-corrected chi connectivity index (χ1v) is 10.4. The number of halogens is 1. The van der Waals surface area contributed by atoms with E-state index >= 15 is 0 Å². The highest BCUT2D eigenvalue weighted by atomic mass is 35.5. The molecule has 0 saturated carbocycles. The average Bonchev–Trinajstić information content (AvgIpc) is 2.22. The molecule has 0 aromatic heterocycles. The van der Waals surface area contributed by atoms with Gasteiger partial charge in [-0.25, -0.2) is 21.0 Å². The molecule has 0 aromatic carbocycles. The van der Waals surface area contributed by atoms with Crippen molar-refractivity contribution in [2.75, 3.05) is 0 Å². The molecule has 0 aromatic rings. The van der Waals surface area contributed by atoms with Gasteiger partial charge in [0, 0.05) is 0 Å². The molecular weight excluding hydrogens is 450 g/mol. The van der Waals surface area contributed by atoms with E-state index in [0.29, 0.717) is 0 Å². The van der Waals surface area contributed by atoms with E-state index in [1.54, 1.807) is 0 Å². The van der Waals surface area contributed by atoms with Crippen molar-refractivity contribution in [3.63, 3.8) is 0 Å². The Balaban J connectivity index is 6.27. The van der Waals surface area contributed by atoms with E-state index in [1.165, 1.54) is 23.6 Å². The summed E-state index contributed by atoms with van der Waals surface area (Å²) in [4.78, 5) is 0. The second-order valence-corrected chi connectivity index (χ2v) is 7.24. The summed E-state index contributed by atoms with van der Waals surface area (Å²) in [5.41, 5.74) is 0. The Hall–Kier alpha value is 0.640. The minimum Gasteiger partial charge on any atom is -0.294 e. The Morgan fingerprint density at radius 2 is 0.783 bits per heavy atom. The molecule has 0 bridgehead atoms. The molecule has 0 fully saturated rings. The summed E-state index contributed by atoms with van der Waals surface area (Å²) in [6.45, 7) is 0. The van der Waals surface area contributed by atoms with Crippen LogP contribution in [-0.4, -0.2) is 54.7 Å². The average molecular weight is 460 g/mol. The molecule has 0 aliphatic heterocycles. The van der Waals surface area contributed by atoms with E-state index in [1.807, 2.05) is 0 Å². The van der Waals surface area contributed by atoms with Gasteiger partial charge in [-0.05, 0) is 0 Å². The van der Waals surface area contributed by atoms with E-state index in [4.69, 9.17) is 34.4 Å². The molecule has 10 N–H and O–H groups in total. The van der Waals surface area contributed by atoms with Gasteiger partial charge >= 0.3 is 0 Å². The zero-order valence-corrected chi connectivity index (χ0v) is 15.0. The number of alkyl halides is 1. The summed E-state index contributed by atoms with van der Waals surface area (Å²) in [5.74, 6) is -3.08. The van der Waals surface area contributed by atoms with Crippen LogP contribution in [0.15, 0.2) is 0 Å². The quantitative estimate of drug-likeness (QED) is 0.0623. The SMILES string of the molecule is O=S(O)NC(Cl)(NS(=O)O)C(NS(=O)O)(NS(=O)O)NS(=O)O. The van der Waals surface area contributed by atoms with Crippen LogP contribution in [0.3, 0.4) is 0 Å². The standard InChI is InChI=1S/C2H10ClN5O10S5/c3-1(4-19(9)10,5-20(11)12)2(6-21(13)14,7-22(15)16)8-23(17)18/h4-8H,(H,9,10)(H,11,12)(H,13,14)(H,15,16)(H,17,18). The smallest absolute Gasteiger partial charge is 0.234 e. The summed E-state index contributed by atoms with van der Waals surface area (Å²) >= 11 is -9.86. The van der Waals surface area contributed by atoms with Gasteiger partial charge in [-0.3, -0.25) is 22.8 Å². The lowest BCUT2D eigenvalue weighted by Crippen LogP contribution is -2.84. The lowest BCUT2D eigenvalue weighted by molar-refractivity contribution is 0.203. The lowest BCUT2D eigenvalue weighted by atomic mass is 10.3. The minimum atomic E-state index is -3.14. The maximum atomic E-state index is 11.0. The molecule has 0 aliphatic carbocycles. The van der Waals surface area contributed by atoms with Crippen molar-refractivity contribution in [3.05, 3.63) is 0 Å². The topological polar surface area (TPSA) is 247 Å². The molecule has 5 atom stereocenters. The van der Waals surface area contributed by atoms with Crippen LogP contribution in [0.4, 0.5) is 0 Å². The monoisotopic (exact) mass is 459 g/mol. The third-order valence-electron chi connectivity index (χ3n) is 1.69. The van der Waals surface area contributed by atoms with E-state index in [9.17, 15) is 21.0 Å². The van der Waals surface area contributed by atoms with Crippen molar-refractivity contribution in [2.24, 2.45) is 0 Å². The van der Waals surface area contributed by atoms with Crippen molar-refractivity contribution in [3.8, 4) is 0 Å². The Morgan fingerprint density at radius 3 is 0.957 bits per heavy atom. The van der Waals surface area contributed by atoms with Gasteiger partial charge in [0.1, 0.15) is 0 Å². The highest BCUT2D eigenvalue weighted by Crippen LogP contribution is 2.22. The highest BCUT2D eigenvalue weighted by molar-refractivity contribution is 7.79. The van der Waals surface area contributed by atoms with Crippen LogP contribution in [0.25, 0.3) is 0 Å². The van der Waals surface area contributed by atoms with E-state index in [-0.39, 0.29) is 0 Å². The van der Waals surface area contributed by atoms with Gasteiger partial charge in [0.15, 0.2) is 0 Å². The fourth-order valence-electron chi connectivity index (χ4n) is 1.08. The first-order valence-electron chi connectivity index (χ1n) is 4.46. The number of hydrogen-bond donors (Lipinski definition) is 10. The zero-order chi connectivity index (χ0) is 18.4. The van der Waals surface area contributed by atoms with Gasteiger partial charge in [0.25, 0.3) is 0 Å². The summed E-state index contributed by atoms with van der Waals surface area (Å²) in [5, 5.41) is -3.07. The van der Waals surface area contributed by atoms with Crippen molar-refractivity contribution in [2.45, 2.75) is 10.9 Å². The van der Waals surface area contributed by atoms with Crippen molar-refractivity contribution >= 4 is 67.9 Å². The molecule has 23 heavy (non-hydrogen) atoms. The van der Waals surface area contributed by atoms with Crippen LogP contribution in [0.5, 0.6) is 0 Å². The molecule has 15 nitrogen and oxygen atoms in total. The maximum Gasteiger partial charge on any atom is 0.234 e. The summed E-state index contributed by atoms with van der Waals surface area (Å²) in [6, 6.07) is 0. The first kappa shape index (κ1) is 23.6. The second-order valence-electron chi connectivity index (χ2n) is 3.16. The zero-order valence-electron chi connectivity index (χ0n) is 10.2. The molecule has 0 radical (unpaired) electrons. The summed E-state index contributed by atoms with van der Waals surface area (Å²) in [7, 11) is 0. The van der Waals surface area contributed by atoms with Gasteiger partial charge in [0.2, 0.25) is 67.2 Å². The molecule has 0 saturated heterocycles. The van der Waals surface area contributed by atoms with E-state index in [0.717, 1.165) is 0 Å². The van der Waals surface area contributed by atoms with Gasteiger partial charge in [-0.15, -0.1) is 0 Å². The predicted octanol–water partition coefficient (Wildman–Crippen LogP) is -3.84. The van der Waals surface area contributed by atoms with Crippen LogP contribution >= 0.6 is 11.6 Å². The molecule has 5 unspecified atom stereocenters. The third-order valence-corrected chi connectivity index (χ3v) is 4.79.